The maximum atomic E-state index is 10.4. The van der Waals surface area contributed by atoms with Gasteiger partial charge in [0.15, 0.2) is 0 Å². The largest absolute Gasteiger partial charge is 0.385 e. The Morgan fingerprint density at radius 2 is 2.06 bits per heavy atom. The first-order valence-electron chi connectivity index (χ1n) is 5.90. The van der Waals surface area contributed by atoms with Crippen LogP contribution in [0.2, 0.25) is 0 Å². The van der Waals surface area contributed by atoms with Crippen molar-refractivity contribution in [3.8, 4) is 0 Å². The van der Waals surface area contributed by atoms with E-state index >= 15 is 0 Å². The third-order valence-corrected chi connectivity index (χ3v) is 3.17. The van der Waals surface area contributed by atoms with Crippen LogP contribution in [0, 0.1) is 0 Å². The summed E-state index contributed by atoms with van der Waals surface area (Å²) in [6.07, 6.45) is 4.49. The fraction of sp³-hybridized carbons (Fsp3) is 0.750. The Bertz CT molecular complexity index is 319. The van der Waals surface area contributed by atoms with Crippen LogP contribution in [0.1, 0.15) is 45.3 Å². The van der Waals surface area contributed by atoms with Crippen molar-refractivity contribution in [3.63, 3.8) is 0 Å². The average molecular weight is 226 g/mol. The molecule has 0 aliphatic carbocycles. The Morgan fingerprint density at radius 3 is 2.44 bits per heavy atom. The lowest BCUT2D eigenvalue weighted by Gasteiger charge is -2.35. The zero-order valence-electron chi connectivity index (χ0n) is 10.6. The summed E-state index contributed by atoms with van der Waals surface area (Å²) in [5.74, 6) is 0. The lowest BCUT2D eigenvalue weighted by Crippen LogP contribution is -2.38. The van der Waals surface area contributed by atoms with Gasteiger partial charge in [-0.1, -0.05) is 13.8 Å². The molecule has 4 nitrogen and oxygen atoms in total. The van der Waals surface area contributed by atoms with Gasteiger partial charge in [-0.2, -0.15) is 5.10 Å². The van der Waals surface area contributed by atoms with Crippen molar-refractivity contribution in [1.82, 2.24) is 9.78 Å². The fourth-order valence-corrected chi connectivity index (χ4v) is 2.09. The smallest absolute Gasteiger partial charge is 0.111 e. The number of nitrogens with zero attached hydrogens (tertiary/aromatic N) is 2. The van der Waals surface area contributed by atoms with Crippen molar-refractivity contribution in [3.05, 3.63) is 18.0 Å². The molecule has 0 amide bonds. The minimum atomic E-state index is -0.615. The van der Waals surface area contributed by atoms with Gasteiger partial charge in [0.1, 0.15) is 6.10 Å². The Morgan fingerprint density at radius 1 is 1.44 bits per heavy atom. The monoisotopic (exact) mass is 226 g/mol. The summed E-state index contributed by atoms with van der Waals surface area (Å²) >= 11 is 0. The van der Waals surface area contributed by atoms with Gasteiger partial charge in [0.25, 0.3) is 0 Å². The summed E-state index contributed by atoms with van der Waals surface area (Å²) in [7, 11) is 1.84. The number of ether oxygens (including phenoxy) is 1. The summed E-state index contributed by atoms with van der Waals surface area (Å²) in [6.45, 7) is 6.65. The molecule has 0 saturated carbocycles. The predicted octanol–water partition coefficient (Wildman–Crippen LogP) is 2.05. The SMILES string of the molecule is CCOC(CC)(CC)C(O)c1cnn(C)c1. The molecule has 0 radical (unpaired) electrons. The maximum absolute atomic E-state index is 10.4. The molecule has 0 aliphatic heterocycles. The minimum absolute atomic E-state index is 0.488. The van der Waals surface area contributed by atoms with Gasteiger partial charge in [0.05, 0.1) is 11.8 Å². The van der Waals surface area contributed by atoms with E-state index in [0.717, 1.165) is 18.4 Å². The van der Waals surface area contributed by atoms with E-state index in [2.05, 4.69) is 5.10 Å². The topological polar surface area (TPSA) is 47.3 Å². The molecule has 0 fully saturated rings. The third kappa shape index (κ3) is 2.44. The van der Waals surface area contributed by atoms with Crippen LogP contribution in [0.25, 0.3) is 0 Å². The number of hydrogen-bond donors (Lipinski definition) is 1. The van der Waals surface area contributed by atoms with E-state index in [1.807, 2.05) is 34.0 Å². The van der Waals surface area contributed by atoms with Crippen LogP contribution >= 0.6 is 0 Å². The molecule has 1 heterocycles. The van der Waals surface area contributed by atoms with E-state index in [4.69, 9.17) is 4.74 Å². The third-order valence-electron chi connectivity index (χ3n) is 3.17. The second-order valence-electron chi connectivity index (χ2n) is 4.05. The number of aliphatic hydroxyl groups is 1. The molecule has 92 valence electrons. The molecule has 1 N–H and O–H groups in total. The number of hydrogen-bond acceptors (Lipinski definition) is 3. The second-order valence-corrected chi connectivity index (χ2v) is 4.05. The van der Waals surface area contributed by atoms with Gasteiger partial charge < -0.3 is 9.84 Å². The molecular formula is C12H22N2O2. The van der Waals surface area contributed by atoms with Crippen LogP contribution in [0.4, 0.5) is 0 Å². The van der Waals surface area contributed by atoms with Crippen molar-refractivity contribution < 1.29 is 9.84 Å². The second kappa shape index (κ2) is 5.46. The van der Waals surface area contributed by atoms with Crippen molar-refractivity contribution in [2.45, 2.75) is 45.3 Å². The molecule has 1 rings (SSSR count). The van der Waals surface area contributed by atoms with Crippen LogP contribution in [0.5, 0.6) is 0 Å². The first-order chi connectivity index (χ1) is 7.59. The van der Waals surface area contributed by atoms with Gasteiger partial charge in [-0.05, 0) is 19.8 Å². The molecule has 16 heavy (non-hydrogen) atoms. The molecular weight excluding hydrogens is 204 g/mol. The van der Waals surface area contributed by atoms with E-state index in [0.29, 0.717) is 6.61 Å². The number of aryl methyl sites for hydroxylation is 1. The Balaban J connectivity index is 2.94. The van der Waals surface area contributed by atoms with Crippen LogP contribution < -0.4 is 0 Å². The molecule has 4 heteroatoms. The van der Waals surface area contributed by atoms with Crippen LogP contribution in [0.3, 0.4) is 0 Å². The van der Waals surface area contributed by atoms with E-state index in [-0.39, 0.29) is 0 Å². The fourth-order valence-electron chi connectivity index (χ4n) is 2.09. The molecule has 0 saturated heterocycles. The van der Waals surface area contributed by atoms with Crippen molar-refractivity contribution in [2.75, 3.05) is 6.61 Å². The first kappa shape index (κ1) is 13.2. The summed E-state index contributed by atoms with van der Waals surface area (Å²) in [5.41, 5.74) is 0.331. The standard InChI is InChI=1S/C12H22N2O2/c1-5-12(6-2,16-7-3)11(15)10-8-13-14(4)9-10/h8-9,11,15H,5-7H2,1-4H3. The molecule has 0 aliphatic rings. The highest BCUT2D eigenvalue weighted by atomic mass is 16.5. The number of rotatable bonds is 6. The Labute approximate surface area is 97.2 Å². The zero-order chi connectivity index (χ0) is 12.2. The summed E-state index contributed by atoms with van der Waals surface area (Å²) < 4.78 is 7.46. The molecule has 0 aromatic carbocycles. The highest BCUT2D eigenvalue weighted by Gasteiger charge is 2.36. The predicted molar refractivity (Wildman–Crippen MR) is 63.1 cm³/mol. The number of aromatic nitrogens is 2. The zero-order valence-corrected chi connectivity index (χ0v) is 10.6. The van der Waals surface area contributed by atoms with E-state index in [9.17, 15) is 5.11 Å². The lowest BCUT2D eigenvalue weighted by molar-refractivity contribution is -0.127. The molecule has 1 atom stereocenters. The van der Waals surface area contributed by atoms with Crippen molar-refractivity contribution >= 4 is 0 Å². The Kier molecular flexibility index (Phi) is 4.50. The van der Waals surface area contributed by atoms with Gasteiger partial charge in [-0.15, -0.1) is 0 Å². The van der Waals surface area contributed by atoms with Crippen LogP contribution in [0.15, 0.2) is 12.4 Å². The van der Waals surface area contributed by atoms with E-state index in [1.54, 1.807) is 10.9 Å². The van der Waals surface area contributed by atoms with Gasteiger partial charge in [-0.3, -0.25) is 4.68 Å². The summed E-state index contributed by atoms with van der Waals surface area (Å²) in [5, 5.41) is 14.5. The van der Waals surface area contributed by atoms with Gasteiger partial charge >= 0.3 is 0 Å². The van der Waals surface area contributed by atoms with Crippen LogP contribution in [-0.4, -0.2) is 27.1 Å². The van der Waals surface area contributed by atoms with E-state index in [1.165, 1.54) is 0 Å². The molecule has 0 bridgehead atoms. The van der Waals surface area contributed by atoms with Crippen molar-refractivity contribution in [1.29, 1.82) is 0 Å². The Hall–Kier alpha value is -0.870. The first-order valence-corrected chi connectivity index (χ1v) is 5.90. The molecule has 1 aromatic rings. The van der Waals surface area contributed by atoms with E-state index < -0.39 is 11.7 Å². The van der Waals surface area contributed by atoms with Gasteiger partial charge in [-0.25, -0.2) is 0 Å². The number of aliphatic hydroxyl groups excluding tert-OH is 1. The summed E-state index contributed by atoms with van der Waals surface area (Å²) in [4.78, 5) is 0. The molecule has 1 unspecified atom stereocenters. The van der Waals surface area contributed by atoms with Gasteiger partial charge in [0, 0.05) is 25.4 Å². The van der Waals surface area contributed by atoms with Crippen molar-refractivity contribution in [2.24, 2.45) is 7.05 Å². The normalized spacial score (nSPS) is 14.1. The highest BCUT2D eigenvalue weighted by Crippen LogP contribution is 2.34. The average Bonchev–Trinajstić information content (AvgIpc) is 2.72. The molecule has 0 spiro atoms. The maximum Gasteiger partial charge on any atom is 0.111 e. The molecule has 1 aromatic heterocycles. The quantitative estimate of drug-likeness (QED) is 0.807. The summed E-state index contributed by atoms with van der Waals surface area (Å²) in [6, 6.07) is 0. The lowest BCUT2D eigenvalue weighted by atomic mass is 9.87. The van der Waals surface area contributed by atoms with Crippen LogP contribution in [-0.2, 0) is 11.8 Å². The minimum Gasteiger partial charge on any atom is -0.385 e. The highest BCUT2D eigenvalue weighted by molar-refractivity contribution is 5.13. The van der Waals surface area contributed by atoms with Gasteiger partial charge in [0.2, 0.25) is 0 Å².